The van der Waals surface area contributed by atoms with Crippen molar-refractivity contribution in [1.82, 2.24) is 20.6 Å². The molecule has 2 aromatic heterocycles. The van der Waals surface area contributed by atoms with E-state index in [0.717, 1.165) is 42.9 Å². The number of hydrogen-bond donors (Lipinski definition) is 2. The van der Waals surface area contributed by atoms with Crippen molar-refractivity contribution in [3.8, 4) is 0 Å². The van der Waals surface area contributed by atoms with E-state index in [4.69, 9.17) is 9.97 Å². The second kappa shape index (κ2) is 5.02. The van der Waals surface area contributed by atoms with Gasteiger partial charge in [-0.15, -0.1) is 22.7 Å². The second-order valence-corrected chi connectivity index (χ2v) is 8.31. The van der Waals surface area contributed by atoms with Crippen LogP contribution in [0.4, 0.5) is 0 Å². The molecule has 0 fully saturated rings. The first-order valence-electron chi connectivity index (χ1n) is 6.46. The number of aromatic nitrogens is 2. The van der Waals surface area contributed by atoms with Crippen molar-refractivity contribution in [2.45, 2.75) is 0 Å². The third kappa shape index (κ3) is 2.23. The molecule has 2 N–H and O–H groups in total. The van der Waals surface area contributed by atoms with E-state index in [2.05, 4.69) is 44.4 Å². The Kier molecular flexibility index (Phi) is 2.97. The van der Waals surface area contributed by atoms with Gasteiger partial charge in [0.15, 0.2) is 0 Å². The predicted molar refractivity (Wildman–Crippen MR) is 97.6 cm³/mol. The molecular weight excluding hydrogens is 352 g/mol. The summed E-state index contributed by atoms with van der Waals surface area (Å²) < 4.78 is 0. The average Bonchev–Trinajstić information content (AvgIpc) is 3.24. The van der Waals surface area contributed by atoms with Gasteiger partial charge >= 0.3 is 0 Å². The Bertz CT molecular complexity index is 825. The van der Waals surface area contributed by atoms with Gasteiger partial charge in [-0.1, -0.05) is 23.5 Å². The molecule has 0 amide bonds. The fourth-order valence-corrected chi connectivity index (χ4v) is 5.39. The molecule has 3 aliphatic rings. The van der Waals surface area contributed by atoms with Crippen LogP contribution in [0.3, 0.4) is 0 Å². The van der Waals surface area contributed by atoms with Crippen molar-refractivity contribution in [2.75, 3.05) is 0 Å². The second-order valence-electron chi connectivity index (χ2n) is 4.71. The number of hydrogen-bond acceptors (Lipinski definition) is 8. The van der Waals surface area contributed by atoms with Crippen molar-refractivity contribution in [3.05, 3.63) is 53.0 Å². The van der Waals surface area contributed by atoms with E-state index in [1.165, 1.54) is 0 Å². The van der Waals surface area contributed by atoms with Crippen molar-refractivity contribution < 1.29 is 0 Å². The van der Waals surface area contributed by atoms with Crippen LogP contribution in [0.15, 0.2) is 31.6 Å². The Morgan fingerprint density at radius 1 is 0.727 bits per heavy atom. The van der Waals surface area contributed by atoms with Gasteiger partial charge in [-0.3, -0.25) is 0 Å². The van der Waals surface area contributed by atoms with E-state index in [-0.39, 0.29) is 0 Å². The van der Waals surface area contributed by atoms with Crippen LogP contribution in [-0.2, 0) is 0 Å². The number of nitrogens with one attached hydrogen (secondary N) is 2. The highest BCUT2D eigenvalue weighted by atomic mass is 32.2. The normalized spacial score (nSPS) is 18.5. The molecule has 0 aromatic carbocycles. The summed E-state index contributed by atoms with van der Waals surface area (Å²) in [7, 11) is 0. The molecule has 4 nitrogen and oxygen atoms in total. The van der Waals surface area contributed by atoms with Gasteiger partial charge in [0.2, 0.25) is 0 Å². The lowest BCUT2D eigenvalue weighted by atomic mass is 10.3. The topological polar surface area (TPSA) is 49.8 Å². The molecule has 5 rings (SSSR count). The Balaban J connectivity index is 1.64. The lowest BCUT2D eigenvalue weighted by Crippen LogP contribution is -2.06. The van der Waals surface area contributed by atoms with Gasteiger partial charge in [0, 0.05) is 33.7 Å². The molecular formula is C14H8N4S4. The Morgan fingerprint density at radius 2 is 1.23 bits per heavy atom. The summed E-state index contributed by atoms with van der Waals surface area (Å²) in [6.45, 7) is 0. The summed E-state index contributed by atoms with van der Waals surface area (Å²) in [6, 6.07) is 0. The molecule has 3 aliphatic heterocycles. The van der Waals surface area contributed by atoms with Crippen molar-refractivity contribution in [2.24, 2.45) is 0 Å². The molecule has 0 radical (unpaired) electrons. The lowest BCUT2D eigenvalue weighted by molar-refractivity contribution is 1.16. The molecule has 0 saturated carbocycles. The van der Waals surface area contributed by atoms with Crippen LogP contribution in [0.1, 0.15) is 21.4 Å². The summed E-state index contributed by atoms with van der Waals surface area (Å²) in [4.78, 5) is 9.38. The Labute approximate surface area is 143 Å². The van der Waals surface area contributed by atoms with Crippen LogP contribution in [0.5, 0.6) is 0 Å². The van der Waals surface area contributed by atoms with E-state index in [1.807, 2.05) is 0 Å². The van der Waals surface area contributed by atoms with E-state index < -0.39 is 0 Å². The first-order chi connectivity index (χ1) is 10.8. The highest BCUT2D eigenvalue weighted by Gasteiger charge is 2.18. The summed E-state index contributed by atoms with van der Waals surface area (Å²) in [5.74, 6) is 0. The van der Waals surface area contributed by atoms with Gasteiger partial charge in [-0.05, 0) is 0 Å². The largest absolute Gasteiger partial charge is 0.348 e. The minimum atomic E-state index is 0.987. The lowest BCUT2D eigenvalue weighted by Gasteiger charge is -2.02. The van der Waals surface area contributed by atoms with Crippen LogP contribution in [0, 0.1) is 0 Å². The zero-order chi connectivity index (χ0) is 14.5. The maximum absolute atomic E-state index is 4.69. The van der Waals surface area contributed by atoms with Crippen LogP contribution in [-0.4, -0.2) is 9.97 Å². The van der Waals surface area contributed by atoms with E-state index in [1.54, 1.807) is 46.2 Å². The zero-order valence-corrected chi connectivity index (χ0v) is 14.3. The van der Waals surface area contributed by atoms with Gasteiger partial charge in [0.1, 0.15) is 10.0 Å². The molecule has 0 unspecified atom stereocenters. The summed E-state index contributed by atoms with van der Waals surface area (Å²) in [5.41, 5.74) is 4.08. The summed E-state index contributed by atoms with van der Waals surface area (Å²) >= 11 is 6.65. The number of thioether (sulfide) groups is 2. The minimum Gasteiger partial charge on any atom is -0.348 e. The molecule has 0 saturated heterocycles. The molecule has 0 atom stereocenters. The minimum absolute atomic E-state index is 0.987. The molecule has 2 aromatic rings. The maximum atomic E-state index is 4.69. The van der Waals surface area contributed by atoms with E-state index in [0.29, 0.717) is 0 Å². The van der Waals surface area contributed by atoms with Crippen molar-refractivity contribution in [1.29, 1.82) is 0 Å². The van der Waals surface area contributed by atoms with Gasteiger partial charge in [-0.2, -0.15) is 0 Å². The van der Waals surface area contributed by atoms with Crippen LogP contribution < -0.4 is 10.6 Å². The Hall–Kier alpha value is -1.48. The third-order valence-electron chi connectivity index (χ3n) is 3.23. The standard InChI is InChI=1S/C14H8N4S4/c1-11-15-7(3-19-11)9-5-21-13(17-9)2-14-18-10(6-22-14)8-4-20-12(1)16-8/h1-6,15,18H. The predicted octanol–water partition coefficient (Wildman–Crippen LogP) is 4.18. The Morgan fingerprint density at radius 3 is 1.73 bits per heavy atom. The average molecular weight is 361 g/mol. The van der Waals surface area contributed by atoms with Crippen molar-refractivity contribution >= 4 is 69.7 Å². The molecule has 108 valence electrons. The highest BCUT2D eigenvalue weighted by Crippen LogP contribution is 2.36. The van der Waals surface area contributed by atoms with E-state index in [9.17, 15) is 0 Å². The quantitative estimate of drug-likeness (QED) is 0.735. The molecule has 8 bridgehead atoms. The summed E-state index contributed by atoms with van der Waals surface area (Å²) in [6.07, 6.45) is 4.17. The molecule has 8 heteroatoms. The fourth-order valence-electron chi connectivity index (χ4n) is 2.20. The maximum Gasteiger partial charge on any atom is 0.119 e. The zero-order valence-electron chi connectivity index (χ0n) is 11.0. The molecule has 5 heterocycles. The van der Waals surface area contributed by atoms with Gasteiger partial charge < -0.3 is 10.6 Å². The monoisotopic (exact) mass is 360 g/mol. The molecule has 22 heavy (non-hydrogen) atoms. The van der Waals surface area contributed by atoms with Crippen LogP contribution >= 0.6 is 46.2 Å². The van der Waals surface area contributed by atoms with E-state index >= 15 is 0 Å². The summed E-state index contributed by atoms with van der Waals surface area (Å²) in [5, 5.41) is 19.4. The highest BCUT2D eigenvalue weighted by molar-refractivity contribution is 8.06. The van der Waals surface area contributed by atoms with Crippen LogP contribution in [0.2, 0.25) is 0 Å². The molecule has 0 spiro atoms. The SMILES string of the molecule is C1=C2NC(=CS2)c2csc(n2)C=C2NC(=CS2)c2csc1n2. The number of thiazole rings is 2. The fraction of sp³-hybridized carbons (Fsp3) is 0. The molecule has 0 aliphatic carbocycles. The van der Waals surface area contributed by atoms with Gasteiger partial charge in [-0.25, -0.2) is 9.97 Å². The van der Waals surface area contributed by atoms with Crippen LogP contribution in [0.25, 0.3) is 23.5 Å². The van der Waals surface area contributed by atoms with Gasteiger partial charge in [0.05, 0.1) is 32.8 Å². The van der Waals surface area contributed by atoms with Crippen molar-refractivity contribution in [3.63, 3.8) is 0 Å². The third-order valence-corrected chi connectivity index (χ3v) is 6.47. The number of rotatable bonds is 0. The first-order valence-corrected chi connectivity index (χ1v) is 9.98. The first kappa shape index (κ1) is 13.0. The number of nitrogens with zero attached hydrogens (tertiary/aromatic N) is 2. The smallest absolute Gasteiger partial charge is 0.119 e. The van der Waals surface area contributed by atoms with Gasteiger partial charge in [0.25, 0.3) is 0 Å². The number of fused-ring (bicyclic) bond motifs is 10.